The van der Waals surface area contributed by atoms with Gasteiger partial charge in [0.1, 0.15) is 11.5 Å². The molecular formula is C17H28O2. The molecule has 0 aliphatic rings. The fourth-order valence-electron chi connectivity index (χ4n) is 2.19. The first-order chi connectivity index (χ1) is 8.61. The zero-order chi connectivity index (χ0) is 14.8. The van der Waals surface area contributed by atoms with Crippen molar-refractivity contribution >= 4 is 0 Å². The van der Waals surface area contributed by atoms with Gasteiger partial charge < -0.3 is 9.47 Å². The van der Waals surface area contributed by atoms with Gasteiger partial charge in [-0.2, -0.15) is 0 Å². The first-order valence-electron chi connectivity index (χ1n) is 6.97. The van der Waals surface area contributed by atoms with E-state index in [4.69, 9.17) is 9.47 Å². The molecule has 0 aromatic heterocycles. The van der Waals surface area contributed by atoms with E-state index in [-0.39, 0.29) is 10.8 Å². The molecule has 1 rings (SSSR count). The Balaban J connectivity index is 3.57. The molecule has 19 heavy (non-hydrogen) atoms. The molecular weight excluding hydrogens is 236 g/mol. The minimum absolute atomic E-state index is 0.0262. The molecule has 0 fully saturated rings. The SMILES string of the molecule is CCOc1cc(C(C)(C)C)c(OC)c(C(C)(C)C)c1. The summed E-state index contributed by atoms with van der Waals surface area (Å²) in [5, 5.41) is 0. The second-order valence-electron chi connectivity index (χ2n) is 6.98. The van der Waals surface area contributed by atoms with Crippen LogP contribution in [0.1, 0.15) is 59.6 Å². The molecule has 2 nitrogen and oxygen atoms in total. The highest BCUT2D eigenvalue weighted by molar-refractivity contribution is 5.52. The largest absolute Gasteiger partial charge is 0.496 e. The summed E-state index contributed by atoms with van der Waals surface area (Å²) < 4.78 is 11.4. The molecule has 0 radical (unpaired) electrons. The molecule has 0 aliphatic heterocycles. The van der Waals surface area contributed by atoms with Gasteiger partial charge in [0.2, 0.25) is 0 Å². The second kappa shape index (κ2) is 5.44. The van der Waals surface area contributed by atoms with Gasteiger partial charge in [0.25, 0.3) is 0 Å². The van der Waals surface area contributed by atoms with E-state index in [1.807, 2.05) is 6.92 Å². The Morgan fingerprint density at radius 3 is 1.58 bits per heavy atom. The Bertz CT molecular complexity index is 399. The van der Waals surface area contributed by atoms with E-state index < -0.39 is 0 Å². The minimum Gasteiger partial charge on any atom is -0.496 e. The normalized spacial score (nSPS) is 12.4. The van der Waals surface area contributed by atoms with Crippen LogP contribution in [0.3, 0.4) is 0 Å². The van der Waals surface area contributed by atoms with Crippen molar-refractivity contribution in [2.45, 2.75) is 59.3 Å². The summed E-state index contributed by atoms with van der Waals surface area (Å²) in [5.74, 6) is 1.92. The fourth-order valence-corrected chi connectivity index (χ4v) is 2.19. The van der Waals surface area contributed by atoms with Crippen molar-refractivity contribution in [1.82, 2.24) is 0 Å². The van der Waals surface area contributed by atoms with Crippen LogP contribution in [0.2, 0.25) is 0 Å². The molecule has 0 aliphatic carbocycles. The Labute approximate surface area is 118 Å². The first-order valence-corrected chi connectivity index (χ1v) is 6.97. The summed E-state index contributed by atoms with van der Waals surface area (Å²) >= 11 is 0. The highest BCUT2D eigenvalue weighted by Gasteiger charge is 2.27. The molecule has 0 spiro atoms. The summed E-state index contributed by atoms with van der Waals surface area (Å²) in [6, 6.07) is 4.22. The van der Waals surface area contributed by atoms with Gasteiger partial charge in [0.15, 0.2) is 0 Å². The molecule has 0 bridgehead atoms. The minimum atomic E-state index is 0.0262. The summed E-state index contributed by atoms with van der Waals surface area (Å²) in [5.41, 5.74) is 2.45. The zero-order valence-electron chi connectivity index (χ0n) is 13.7. The smallest absolute Gasteiger partial charge is 0.126 e. The number of benzene rings is 1. The van der Waals surface area contributed by atoms with Crippen LogP contribution in [0, 0.1) is 0 Å². The molecule has 1 aromatic carbocycles. The Kier molecular flexibility index (Phi) is 4.54. The van der Waals surface area contributed by atoms with Crippen molar-refractivity contribution in [2.75, 3.05) is 13.7 Å². The maximum atomic E-state index is 5.72. The molecule has 2 heteroatoms. The topological polar surface area (TPSA) is 18.5 Å². The van der Waals surface area contributed by atoms with Crippen molar-refractivity contribution in [3.8, 4) is 11.5 Å². The van der Waals surface area contributed by atoms with Crippen LogP contribution in [0.4, 0.5) is 0 Å². The van der Waals surface area contributed by atoms with E-state index in [2.05, 4.69) is 53.7 Å². The maximum Gasteiger partial charge on any atom is 0.126 e. The molecule has 0 unspecified atom stereocenters. The summed E-state index contributed by atoms with van der Waals surface area (Å²) in [4.78, 5) is 0. The molecule has 0 heterocycles. The summed E-state index contributed by atoms with van der Waals surface area (Å²) in [6.07, 6.45) is 0. The Morgan fingerprint density at radius 1 is 0.895 bits per heavy atom. The van der Waals surface area contributed by atoms with Crippen molar-refractivity contribution in [1.29, 1.82) is 0 Å². The lowest BCUT2D eigenvalue weighted by Gasteiger charge is -2.29. The number of rotatable bonds is 3. The third-order valence-electron chi connectivity index (χ3n) is 3.19. The zero-order valence-corrected chi connectivity index (χ0v) is 13.7. The van der Waals surface area contributed by atoms with Gasteiger partial charge in [-0.15, -0.1) is 0 Å². The predicted octanol–water partition coefficient (Wildman–Crippen LogP) is 4.69. The van der Waals surface area contributed by atoms with Gasteiger partial charge in [0.05, 0.1) is 13.7 Å². The molecule has 0 amide bonds. The quantitative estimate of drug-likeness (QED) is 0.788. The molecule has 1 aromatic rings. The van der Waals surface area contributed by atoms with Crippen LogP contribution in [0.25, 0.3) is 0 Å². The Morgan fingerprint density at radius 2 is 1.32 bits per heavy atom. The van der Waals surface area contributed by atoms with Crippen LogP contribution in [0.5, 0.6) is 11.5 Å². The van der Waals surface area contributed by atoms with Gasteiger partial charge in [-0.25, -0.2) is 0 Å². The summed E-state index contributed by atoms with van der Waals surface area (Å²) in [6.45, 7) is 15.9. The molecule has 0 saturated heterocycles. The van der Waals surface area contributed by atoms with Gasteiger partial charge in [-0.1, -0.05) is 41.5 Å². The van der Waals surface area contributed by atoms with Crippen LogP contribution >= 0.6 is 0 Å². The molecule has 0 atom stereocenters. The third kappa shape index (κ3) is 3.65. The predicted molar refractivity (Wildman–Crippen MR) is 81.6 cm³/mol. The molecule has 0 saturated carbocycles. The lowest BCUT2D eigenvalue weighted by atomic mass is 9.79. The van der Waals surface area contributed by atoms with E-state index in [0.717, 1.165) is 11.5 Å². The number of hydrogen-bond acceptors (Lipinski definition) is 2. The van der Waals surface area contributed by atoms with Gasteiger partial charge in [0, 0.05) is 11.1 Å². The van der Waals surface area contributed by atoms with E-state index in [1.54, 1.807) is 7.11 Å². The van der Waals surface area contributed by atoms with Crippen LogP contribution in [-0.4, -0.2) is 13.7 Å². The number of ether oxygens (including phenoxy) is 2. The summed E-state index contributed by atoms with van der Waals surface area (Å²) in [7, 11) is 1.75. The lowest BCUT2D eigenvalue weighted by Crippen LogP contribution is -2.19. The van der Waals surface area contributed by atoms with E-state index in [9.17, 15) is 0 Å². The molecule has 0 N–H and O–H groups in total. The average Bonchev–Trinajstić information content (AvgIpc) is 2.26. The van der Waals surface area contributed by atoms with Crippen molar-refractivity contribution in [2.24, 2.45) is 0 Å². The second-order valence-corrected chi connectivity index (χ2v) is 6.98. The van der Waals surface area contributed by atoms with E-state index >= 15 is 0 Å². The van der Waals surface area contributed by atoms with Crippen LogP contribution in [0.15, 0.2) is 12.1 Å². The van der Waals surface area contributed by atoms with E-state index in [1.165, 1.54) is 11.1 Å². The van der Waals surface area contributed by atoms with Gasteiger partial charge in [-0.3, -0.25) is 0 Å². The third-order valence-corrected chi connectivity index (χ3v) is 3.19. The average molecular weight is 264 g/mol. The first kappa shape index (κ1) is 15.9. The van der Waals surface area contributed by atoms with E-state index in [0.29, 0.717) is 6.61 Å². The van der Waals surface area contributed by atoms with Crippen molar-refractivity contribution < 1.29 is 9.47 Å². The van der Waals surface area contributed by atoms with Crippen molar-refractivity contribution in [3.63, 3.8) is 0 Å². The fraction of sp³-hybridized carbons (Fsp3) is 0.647. The van der Waals surface area contributed by atoms with Gasteiger partial charge >= 0.3 is 0 Å². The highest BCUT2D eigenvalue weighted by Crippen LogP contribution is 2.42. The van der Waals surface area contributed by atoms with Crippen LogP contribution < -0.4 is 9.47 Å². The highest BCUT2D eigenvalue weighted by atomic mass is 16.5. The maximum absolute atomic E-state index is 5.72. The monoisotopic (exact) mass is 264 g/mol. The van der Waals surface area contributed by atoms with Crippen molar-refractivity contribution in [3.05, 3.63) is 23.3 Å². The number of hydrogen-bond donors (Lipinski definition) is 0. The standard InChI is InChI=1S/C17H28O2/c1-9-19-12-10-13(16(2,3)4)15(18-8)14(11-12)17(5,6)7/h10-11H,9H2,1-8H3. The van der Waals surface area contributed by atoms with Gasteiger partial charge in [-0.05, 0) is 29.9 Å². The molecule has 108 valence electrons. The van der Waals surface area contributed by atoms with Crippen LogP contribution in [-0.2, 0) is 10.8 Å². The lowest BCUT2D eigenvalue weighted by molar-refractivity contribution is 0.333. The number of methoxy groups -OCH3 is 1. The Hall–Kier alpha value is -1.18.